The van der Waals surface area contributed by atoms with E-state index in [1.807, 2.05) is 30.3 Å². The number of nitrogens with one attached hydrogen (secondary N) is 1. The van der Waals surface area contributed by atoms with Crippen molar-refractivity contribution in [3.63, 3.8) is 0 Å². The van der Waals surface area contributed by atoms with E-state index in [1.165, 1.54) is 0 Å². The molecular formula is C19H22N2O4. The third-order valence-electron chi connectivity index (χ3n) is 4.57. The second-order valence-electron chi connectivity index (χ2n) is 6.35. The van der Waals surface area contributed by atoms with Crippen molar-refractivity contribution in [3.8, 4) is 5.75 Å². The van der Waals surface area contributed by atoms with Crippen LogP contribution in [-0.2, 0) is 4.74 Å². The quantitative estimate of drug-likeness (QED) is 0.902. The standard InChI is InChI=1S/C19H22N2O4/c1-14-8-9-16(17(22)20-14)18(23)21-11-10-19(12-21,24-2)13-25-15-6-4-3-5-7-15/h3-9H,10-13H2,1-2H3,(H,20,22)/t19-/m0/s1. The average Bonchev–Trinajstić information content (AvgIpc) is 3.06. The molecule has 1 saturated heterocycles. The minimum absolute atomic E-state index is 0.154. The number of aryl methyl sites for hydroxylation is 1. The van der Waals surface area contributed by atoms with Crippen molar-refractivity contribution in [1.82, 2.24) is 9.88 Å². The molecule has 25 heavy (non-hydrogen) atoms. The molecule has 2 aromatic rings. The van der Waals surface area contributed by atoms with Gasteiger partial charge in [0.15, 0.2) is 0 Å². The van der Waals surface area contributed by atoms with E-state index in [9.17, 15) is 9.59 Å². The number of carbonyl (C=O) groups is 1. The van der Waals surface area contributed by atoms with Gasteiger partial charge in [0.25, 0.3) is 11.5 Å². The number of nitrogens with zero attached hydrogens (tertiary/aromatic N) is 1. The molecule has 1 aliphatic heterocycles. The van der Waals surface area contributed by atoms with Gasteiger partial charge in [-0.15, -0.1) is 0 Å². The second-order valence-corrected chi connectivity index (χ2v) is 6.35. The summed E-state index contributed by atoms with van der Waals surface area (Å²) in [5.41, 5.74) is -0.0458. The second kappa shape index (κ2) is 7.11. The molecule has 1 fully saturated rings. The van der Waals surface area contributed by atoms with Gasteiger partial charge in [-0.1, -0.05) is 18.2 Å². The van der Waals surface area contributed by atoms with Crippen molar-refractivity contribution < 1.29 is 14.3 Å². The van der Waals surface area contributed by atoms with E-state index in [0.29, 0.717) is 26.1 Å². The van der Waals surface area contributed by atoms with Gasteiger partial charge < -0.3 is 19.4 Å². The first kappa shape index (κ1) is 17.2. The number of aromatic amines is 1. The molecule has 0 radical (unpaired) electrons. The van der Waals surface area contributed by atoms with Gasteiger partial charge in [0.05, 0.1) is 6.54 Å². The highest BCUT2D eigenvalue weighted by Gasteiger charge is 2.41. The summed E-state index contributed by atoms with van der Waals surface area (Å²) in [5.74, 6) is 0.485. The smallest absolute Gasteiger partial charge is 0.260 e. The first-order valence-electron chi connectivity index (χ1n) is 8.25. The van der Waals surface area contributed by atoms with Crippen molar-refractivity contribution in [3.05, 3.63) is 64.1 Å². The van der Waals surface area contributed by atoms with Crippen molar-refractivity contribution in [2.24, 2.45) is 0 Å². The Hall–Kier alpha value is -2.60. The van der Waals surface area contributed by atoms with Crippen LogP contribution < -0.4 is 10.3 Å². The number of ether oxygens (including phenoxy) is 2. The van der Waals surface area contributed by atoms with Gasteiger partial charge in [0.1, 0.15) is 23.5 Å². The van der Waals surface area contributed by atoms with Crippen LogP contribution in [-0.4, -0.2) is 48.2 Å². The number of para-hydroxylation sites is 1. The SMILES string of the molecule is CO[C@@]1(COc2ccccc2)CCN(C(=O)c2ccc(C)[nH]c2=O)C1. The van der Waals surface area contributed by atoms with E-state index < -0.39 is 5.60 Å². The number of hydrogen-bond acceptors (Lipinski definition) is 4. The van der Waals surface area contributed by atoms with Crippen molar-refractivity contribution in [1.29, 1.82) is 0 Å². The number of rotatable bonds is 5. The number of H-pyrrole nitrogens is 1. The maximum Gasteiger partial charge on any atom is 0.260 e. The first-order chi connectivity index (χ1) is 12.0. The number of aromatic nitrogens is 1. The fourth-order valence-corrected chi connectivity index (χ4v) is 3.00. The van der Waals surface area contributed by atoms with Crippen LogP contribution in [0, 0.1) is 6.92 Å². The number of likely N-dealkylation sites (tertiary alicyclic amines) is 1. The Morgan fingerprint density at radius 2 is 2.00 bits per heavy atom. The predicted octanol–water partition coefficient (Wildman–Crippen LogP) is 1.99. The lowest BCUT2D eigenvalue weighted by Crippen LogP contribution is -2.43. The Morgan fingerprint density at radius 1 is 1.24 bits per heavy atom. The Morgan fingerprint density at radius 3 is 2.68 bits per heavy atom. The number of pyridine rings is 1. The van der Waals surface area contributed by atoms with Crippen LogP contribution in [0.5, 0.6) is 5.75 Å². The normalized spacial score (nSPS) is 19.8. The molecule has 0 unspecified atom stereocenters. The number of benzene rings is 1. The largest absolute Gasteiger partial charge is 0.491 e. The lowest BCUT2D eigenvalue weighted by Gasteiger charge is -2.27. The molecule has 0 aliphatic carbocycles. The summed E-state index contributed by atoms with van der Waals surface area (Å²) in [6.45, 7) is 3.05. The summed E-state index contributed by atoms with van der Waals surface area (Å²) in [7, 11) is 1.63. The van der Waals surface area contributed by atoms with Crippen LogP contribution in [0.15, 0.2) is 47.3 Å². The molecule has 6 nitrogen and oxygen atoms in total. The van der Waals surface area contributed by atoms with E-state index in [1.54, 1.807) is 31.1 Å². The molecule has 0 bridgehead atoms. The minimum Gasteiger partial charge on any atom is -0.491 e. The molecule has 0 spiro atoms. The average molecular weight is 342 g/mol. The van der Waals surface area contributed by atoms with Gasteiger partial charge in [-0.25, -0.2) is 0 Å². The summed E-state index contributed by atoms with van der Waals surface area (Å²) in [4.78, 5) is 29.0. The maximum atomic E-state index is 12.7. The van der Waals surface area contributed by atoms with Crippen LogP contribution >= 0.6 is 0 Å². The molecule has 132 valence electrons. The summed E-state index contributed by atoms with van der Waals surface area (Å²) >= 11 is 0. The van der Waals surface area contributed by atoms with Gasteiger partial charge in [-0.3, -0.25) is 9.59 Å². The van der Waals surface area contributed by atoms with Crippen molar-refractivity contribution in [2.75, 3.05) is 26.8 Å². The van der Waals surface area contributed by atoms with Gasteiger partial charge in [0, 0.05) is 19.3 Å². The monoisotopic (exact) mass is 342 g/mol. The minimum atomic E-state index is -0.567. The van der Waals surface area contributed by atoms with E-state index >= 15 is 0 Å². The third kappa shape index (κ3) is 3.74. The lowest BCUT2D eigenvalue weighted by molar-refractivity contribution is -0.0342. The maximum absolute atomic E-state index is 12.7. The first-order valence-corrected chi connectivity index (χ1v) is 8.25. The van der Waals surface area contributed by atoms with Crippen molar-refractivity contribution in [2.45, 2.75) is 18.9 Å². The Kier molecular flexibility index (Phi) is 4.90. The number of methoxy groups -OCH3 is 1. The molecule has 2 heterocycles. The zero-order valence-corrected chi connectivity index (χ0v) is 14.5. The number of hydrogen-bond donors (Lipinski definition) is 1. The fraction of sp³-hybridized carbons (Fsp3) is 0.368. The van der Waals surface area contributed by atoms with Crippen LogP contribution in [0.25, 0.3) is 0 Å². The molecule has 1 atom stereocenters. The summed E-state index contributed by atoms with van der Waals surface area (Å²) in [5, 5.41) is 0. The van der Waals surface area contributed by atoms with Gasteiger partial charge in [-0.2, -0.15) is 0 Å². The highest BCUT2D eigenvalue weighted by atomic mass is 16.5. The molecule has 1 aromatic carbocycles. The Balaban J connectivity index is 1.70. The van der Waals surface area contributed by atoms with Gasteiger partial charge >= 0.3 is 0 Å². The fourth-order valence-electron chi connectivity index (χ4n) is 3.00. The molecule has 1 amide bonds. The van der Waals surface area contributed by atoms with E-state index in [0.717, 1.165) is 11.4 Å². The topological polar surface area (TPSA) is 71.6 Å². The molecule has 6 heteroatoms. The summed E-state index contributed by atoms with van der Waals surface area (Å²) in [6, 6.07) is 12.8. The summed E-state index contributed by atoms with van der Waals surface area (Å²) in [6.07, 6.45) is 0.659. The van der Waals surface area contributed by atoms with Crippen LogP contribution in [0.1, 0.15) is 22.5 Å². The molecule has 1 aliphatic rings. The third-order valence-corrected chi connectivity index (χ3v) is 4.57. The highest BCUT2D eigenvalue weighted by molar-refractivity contribution is 5.94. The molecule has 0 saturated carbocycles. The number of amides is 1. The lowest BCUT2D eigenvalue weighted by atomic mass is 10.0. The molecular weight excluding hydrogens is 320 g/mol. The van der Waals surface area contributed by atoms with Crippen molar-refractivity contribution >= 4 is 5.91 Å². The Labute approximate surface area is 146 Å². The molecule has 1 aromatic heterocycles. The van der Waals surface area contributed by atoms with E-state index in [2.05, 4.69) is 4.98 Å². The van der Waals surface area contributed by atoms with Crippen LogP contribution in [0.2, 0.25) is 0 Å². The van der Waals surface area contributed by atoms with Gasteiger partial charge in [0.2, 0.25) is 0 Å². The summed E-state index contributed by atoms with van der Waals surface area (Å²) < 4.78 is 11.5. The molecule has 1 N–H and O–H groups in total. The zero-order chi connectivity index (χ0) is 17.9. The Bertz CT molecular complexity index is 803. The predicted molar refractivity (Wildman–Crippen MR) is 94.0 cm³/mol. The van der Waals surface area contributed by atoms with Crippen LogP contribution in [0.4, 0.5) is 0 Å². The molecule has 3 rings (SSSR count). The van der Waals surface area contributed by atoms with Crippen LogP contribution in [0.3, 0.4) is 0 Å². The van der Waals surface area contributed by atoms with E-state index in [-0.39, 0.29) is 17.0 Å². The number of carbonyl (C=O) groups excluding carboxylic acids is 1. The van der Waals surface area contributed by atoms with Gasteiger partial charge in [-0.05, 0) is 37.6 Å². The zero-order valence-electron chi connectivity index (χ0n) is 14.5. The highest BCUT2D eigenvalue weighted by Crippen LogP contribution is 2.27. The van der Waals surface area contributed by atoms with E-state index in [4.69, 9.17) is 9.47 Å².